The molecule has 0 bridgehead atoms. The van der Waals surface area contributed by atoms with Gasteiger partial charge < -0.3 is 10.2 Å². The molecule has 4 heteroatoms. The highest BCUT2D eigenvalue weighted by atomic mass is 35.5. The van der Waals surface area contributed by atoms with E-state index in [4.69, 9.17) is 33.4 Å². The zero-order valence-electron chi connectivity index (χ0n) is 4.64. The Morgan fingerprint density at radius 3 is 1.38 bits per heavy atom. The lowest BCUT2D eigenvalue weighted by molar-refractivity contribution is 0.186. The molecule has 0 aliphatic rings. The number of rotatable bonds is 1. The Bertz CT molecular complexity index is 28.5. The number of halogens is 2. The summed E-state index contributed by atoms with van der Waals surface area (Å²) in [7, 11) is 0. The number of aliphatic hydroxyl groups excluding tert-OH is 2. The maximum atomic E-state index is 7.62. The summed E-state index contributed by atoms with van der Waals surface area (Å²) in [6.07, 6.45) is 0. The van der Waals surface area contributed by atoms with E-state index in [0.29, 0.717) is 0 Å². The Morgan fingerprint density at radius 1 is 1.25 bits per heavy atom. The largest absolute Gasteiger partial charge is 0.394 e. The molecular formula is C4H10Cl2O2. The molecular weight excluding hydrogens is 151 g/mol. The second kappa shape index (κ2) is 10.5. The zero-order chi connectivity index (χ0) is 6.99. The van der Waals surface area contributed by atoms with Gasteiger partial charge in [0.2, 0.25) is 0 Å². The smallest absolute Gasteiger partial charge is 0.105 e. The molecule has 2 N–H and O–H groups in total. The number of aliphatic hydroxyl groups is 2. The number of hydrogen-bond acceptors (Lipinski definition) is 2. The van der Waals surface area contributed by atoms with Crippen molar-refractivity contribution in [2.24, 2.45) is 0 Å². The fourth-order valence-corrected chi connectivity index (χ4v) is 0. The van der Waals surface area contributed by atoms with Gasteiger partial charge in [-0.25, -0.2) is 0 Å². The van der Waals surface area contributed by atoms with Crippen molar-refractivity contribution in [2.45, 2.75) is 11.8 Å². The molecule has 0 amide bonds. The third-order valence-electron chi connectivity index (χ3n) is 0.1000. The lowest BCUT2D eigenvalue weighted by Gasteiger charge is -1.72. The van der Waals surface area contributed by atoms with E-state index in [9.17, 15) is 0 Å². The van der Waals surface area contributed by atoms with Crippen molar-refractivity contribution < 1.29 is 10.2 Å². The third kappa shape index (κ3) is 87.4. The lowest BCUT2D eigenvalue weighted by Crippen LogP contribution is -1.85. The first-order chi connectivity index (χ1) is 3.65. The van der Waals surface area contributed by atoms with Crippen LogP contribution < -0.4 is 0 Å². The van der Waals surface area contributed by atoms with Gasteiger partial charge in [0.25, 0.3) is 0 Å². The van der Waals surface area contributed by atoms with Crippen LogP contribution in [-0.4, -0.2) is 28.3 Å². The molecule has 0 aromatic rings. The van der Waals surface area contributed by atoms with Crippen LogP contribution in [0.1, 0.15) is 6.92 Å². The summed E-state index contributed by atoms with van der Waals surface area (Å²) in [4.78, 5) is -0.222. The van der Waals surface area contributed by atoms with E-state index in [-0.39, 0.29) is 18.1 Å². The van der Waals surface area contributed by atoms with Gasteiger partial charge in [-0.3, -0.25) is 0 Å². The molecule has 0 rings (SSSR count). The first-order valence-electron chi connectivity index (χ1n) is 2.15. The van der Waals surface area contributed by atoms with Gasteiger partial charge in [-0.05, 0) is 6.92 Å². The average Bonchev–Trinajstić information content (AvgIpc) is 1.65. The summed E-state index contributed by atoms with van der Waals surface area (Å²) in [5.41, 5.74) is 0. The van der Waals surface area contributed by atoms with Gasteiger partial charge >= 0.3 is 0 Å². The van der Waals surface area contributed by atoms with Crippen LogP contribution in [0.4, 0.5) is 0 Å². The predicted molar refractivity (Wildman–Crippen MR) is 35.3 cm³/mol. The molecule has 0 atom stereocenters. The van der Waals surface area contributed by atoms with Gasteiger partial charge in [0, 0.05) is 0 Å². The number of alkyl halides is 2. The predicted octanol–water partition coefficient (Wildman–Crippen LogP) is 0.781. The molecule has 8 heavy (non-hydrogen) atoms. The first kappa shape index (κ1) is 11.3. The monoisotopic (exact) mass is 160 g/mol. The van der Waals surface area contributed by atoms with E-state index >= 15 is 0 Å². The molecule has 0 aliphatic heterocycles. The summed E-state index contributed by atoms with van der Waals surface area (Å²) in [5, 5.41) is 15.2. The molecule has 52 valence electrons. The fraction of sp³-hybridized carbons (Fsp3) is 1.00. The van der Waals surface area contributed by atoms with Gasteiger partial charge in [0.15, 0.2) is 0 Å². The molecule has 0 unspecified atom stereocenters. The van der Waals surface area contributed by atoms with E-state index in [1.807, 2.05) is 0 Å². The van der Waals surface area contributed by atoms with Crippen LogP contribution in [0.15, 0.2) is 0 Å². The lowest BCUT2D eigenvalue weighted by atomic mass is 10.8. The molecule has 0 fully saturated rings. The summed E-state index contributed by atoms with van der Waals surface area (Å²) in [6, 6.07) is 0. The Hall–Kier alpha value is 0.500. The highest BCUT2D eigenvalue weighted by molar-refractivity contribution is 6.43. The topological polar surface area (TPSA) is 40.5 Å². The normalized spacial score (nSPS) is 8.25. The van der Waals surface area contributed by atoms with Gasteiger partial charge in [-0.15, -0.1) is 23.2 Å². The van der Waals surface area contributed by atoms with Crippen LogP contribution >= 0.6 is 23.2 Å². The Labute approximate surface area is 59.0 Å². The summed E-state index contributed by atoms with van der Waals surface area (Å²) < 4.78 is 0. The first-order valence-corrected chi connectivity index (χ1v) is 3.02. The molecule has 2 nitrogen and oxygen atoms in total. The van der Waals surface area contributed by atoms with E-state index in [2.05, 4.69) is 0 Å². The SMILES string of the molecule is CC(Cl)Cl.OCCO. The van der Waals surface area contributed by atoms with E-state index in [1.54, 1.807) is 6.92 Å². The second-order valence-corrected chi connectivity index (χ2v) is 2.50. The molecule has 0 spiro atoms. The molecule has 0 saturated heterocycles. The molecule has 0 radical (unpaired) electrons. The molecule has 0 saturated carbocycles. The maximum Gasteiger partial charge on any atom is 0.105 e. The minimum Gasteiger partial charge on any atom is -0.394 e. The van der Waals surface area contributed by atoms with Crippen LogP contribution in [0.2, 0.25) is 0 Å². The average molecular weight is 161 g/mol. The van der Waals surface area contributed by atoms with Gasteiger partial charge in [0.05, 0.1) is 13.2 Å². The second-order valence-electron chi connectivity index (χ2n) is 0.966. The molecule has 0 aromatic carbocycles. The highest BCUT2D eigenvalue weighted by Crippen LogP contribution is 1.95. The fourth-order valence-electron chi connectivity index (χ4n) is 0. The summed E-state index contributed by atoms with van der Waals surface area (Å²) in [5.74, 6) is 0. The van der Waals surface area contributed by atoms with Gasteiger partial charge in [-0.1, -0.05) is 0 Å². The summed E-state index contributed by atoms with van der Waals surface area (Å²) in [6.45, 7) is 1.45. The van der Waals surface area contributed by atoms with Crippen molar-refractivity contribution in [3.05, 3.63) is 0 Å². The van der Waals surface area contributed by atoms with E-state index < -0.39 is 0 Å². The minimum atomic E-state index is -0.222. The van der Waals surface area contributed by atoms with Crippen molar-refractivity contribution in [3.8, 4) is 0 Å². The van der Waals surface area contributed by atoms with E-state index in [1.165, 1.54) is 0 Å². The molecule has 0 aromatic heterocycles. The van der Waals surface area contributed by atoms with E-state index in [0.717, 1.165) is 0 Å². The van der Waals surface area contributed by atoms with Crippen LogP contribution in [0.3, 0.4) is 0 Å². The van der Waals surface area contributed by atoms with Gasteiger partial charge in [0.1, 0.15) is 4.84 Å². The molecule has 0 aliphatic carbocycles. The van der Waals surface area contributed by atoms with Gasteiger partial charge in [-0.2, -0.15) is 0 Å². The zero-order valence-corrected chi connectivity index (χ0v) is 6.15. The van der Waals surface area contributed by atoms with Crippen molar-refractivity contribution in [1.82, 2.24) is 0 Å². The Kier molecular flexibility index (Phi) is 14.8. The quantitative estimate of drug-likeness (QED) is 0.558. The Balaban J connectivity index is 0. The van der Waals surface area contributed by atoms with Crippen molar-refractivity contribution in [3.63, 3.8) is 0 Å². The maximum absolute atomic E-state index is 7.62. The van der Waals surface area contributed by atoms with Crippen molar-refractivity contribution in [2.75, 3.05) is 13.2 Å². The highest BCUT2D eigenvalue weighted by Gasteiger charge is 1.75. The Morgan fingerprint density at radius 2 is 1.38 bits per heavy atom. The third-order valence-corrected chi connectivity index (χ3v) is 0.1000. The van der Waals surface area contributed by atoms with Crippen LogP contribution in [0.5, 0.6) is 0 Å². The van der Waals surface area contributed by atoms with Crippen molar-refractivity contribution in [1.29, 1.82) is 0 Å². The van der Waals surface area contributed by atoms with Crippen molar-refractivity contribution >= 4 is 23.2 Å². The standard InChI is InChI=1S/C2H4Cl2.C2H6O2/c1-2(3)4;3-1-2-4/h2H,1H3;3-4H,1-2H2. The van der Waals surface area contributed by atoms with Crippen LogP contribution in [-0.2, 0) is 0 Å². The molecule has 0 heterocycles. The van der Waals surface area contributed by atoms with Crippen LogP contribution in [0, 0.1) is 0 Å². The summed E-state index contributed by atoms with van der Waals surface area (Å²) >= 11 is 10.1. The minimum absolute atomic E-state index is 0.125. The van der Waals surface area contributed by atoms with Crippen LogP contribution in [0.25, 0.3) is 0 Å². The number of hydrogen-bond donors (Lipinski definition) is 2.